The molecule has 20 heavy (non-hydrogen) atoms. The molecule has 6 heteroatoms. The van der Waals surface area contributed by atoms with Crippen molar-refractivity contribution in [2.45, 2.75) is 25.3 Å². The van der Waals surface area contributed by atoms with Gasteiger partial charge in [-0.25, -0.2) is 0 Å². The van der Waals surface area contributed by atoms with Crippen LogP contribution in [-0.4, -0.2) is 4.92 Å². The van der Waals surface area contributed by atoms with Crippen molar-refractivity contribution in [3.8, 4) is 0 Å². The third-order valence-electron chi connectivity index (χ3n) is 3.54. The lowest BCUT2D eigenvalue weighted by molar-refractivity contribution is -0.385. The van der Waals surface area contributed by atoms with Crippen molar-refractivity contribution in [2.24, 2.45) is 0 Å². The van der Waals surface area contributed by atoms with Gasteiger partial charge in [-0.05, 0) is 47.0 Å². The number of furan rings is 1. The fraction of sp³-hybridized carbons (Fsp3) is 0.286. The molecule has 1 aromatic heterocycles. The normalized spacial score (nSPS) is 17.6. The molecule has 0 saturated carbocycles. The predicted octanol–water partition coefficient (Wildman–Crippen LogP) is 4.44. The minimum Gasteiger partial charge on any atom is -0.469 e. The standard InChI is InChI=1S/C14H13BrN2O3/c15-11-8-9(4-5-13(11)17(18)19)16-12-2-1-3-14-10(12)6-7-20-14/h4-8,12,16H,1-3H2. The Labute approximate surface area is 124 Å². The van der Waals surface area contributed by atoms with Crippen LogP contribution in [-0.2, 0) is 6.42 Å². The maximum Gasteiger partial charge on any atom is 0.283 e. The maximum atomic E-state index is 10.8. The van der Waals surface area contributed by atoms with Crippen LogP contribution in [0.25, 0.3) is 0 Å². The Balaban J connectivity index is 1.83. The number of nitrogens with one attached hydrogen (secondary N) is 1. The summed E-state index contributed by atoms with van der Waals surface area (Å²) in [5.41, 5.74) is 2.12. The van der Waals surface area contributed by atoms with Crippen molar-refractivity contribution in [1.82, 2.24) is 0 Å². The fourth-order valence-corrected chi connectivity index (χ4v) is 3.11. The number of hydrogen-bond donors (Lipinski definition) is 1. The van der Waals surface area contributed by atoms with Gasteiger partial charge in [0.15, 0.2) is 0 Å². The van der Waals surface area contributed by atoms with Crippen molar-refractivity contribution in [2.75, 3.05) is 5.32 Å². The van der Waals surface area contributed by atoms with Gasteiger partial charge in [0.05, 0.1) is 21.7 Å². The Morgan fingerprint density at radius 3 is 3.00 bits per heavy atom. The second-order valence-corrected chi connectivity index (χ2v) is 5.67. The van der Waals surface area contributed by atoms with E-state index in [1.807, 2.05) is 6.07 Å². The molecule has 2 aromatic rings. The lowest BCUT2D eigenvalue weighted by Gasteiger charge is -2.23. The summed E-state index contributed by atoms with van der Waals surface area (Å²) in [6.45, 7) is 0. The van der Waals surface area contributed by atoms with Gasteiger partial charge in [0.2, 0.25) is 0 Å². The maximum absolute atomic E-state index is 10.8. The van der Waals surface area contributed by atoms with E-state index in [0.29, 0.717) is 4.47 Å². The zero-order valence-corrected chi connectivity index (χ0v) is 12.2. The highest BCUT2D eigenvalue weighted by Crippen LogP contribution is 2.35. The van der Waals surface area contributed by atoms with Crippen LogP contribution in [0.3, 0.4) is 0 Å². The first-order valence-electron chi connectivity index (χ1n) is 6.42. The van der Waals surface area contributed by atoms with Crippen molar-refractivity contribution < 1.29 is 9.34 Å². The van der Waals surface area contributed by atoms with Gasteiger partial charge in [-0.3, -0.25) is 10.1 Å². The Hall–Kier alpha value is -1.82. The molecule has 1 aliphatic carbocycles. The molecule has 0 aliphatic heterocycles. The molecule has 0 saturated heterocycles. The van der Waals surface area contributed by atoms with Gasteiger partial charge in [0, 0.05) is 23.7 Å². The smallest absolute Gasteiger partial charge is 0.283 e. The number of fused-ring (bicyclic) bond motifs is 1. The van der Waals surface area contributed by atoms with E-state index in [9.17, 15) is 10.1 Å². The Morgan fingerprint density at radius 2 is 2.25 bits per heavy atom. The third kappa shape index (κ3) is 2.43. The number of benzene rings is 1. The molecule has 3 rings (SSSR count). The van der Waals surface area contributed by atoms with E-state index >= 15 is 0 Å². The monoisotopic (exact) mass is 336 g/mol. The zero-order valence-electron chi connectivity index (χ0n) is 10.6. The molecule has 1 atom stereocenters. The van der Waals surface area contributed by atoms with Gasteiger partial charge >= 0.3 is 0 Å². The molecule has 1 unspecified atom stereocenters. The summed E-state index contributed by atoms with van der Waals surface area (Å²) in [6.07, 6.45) is 4.80. The van der Waals surface area contributed by atoms with Crippen LogP contribution in [0.15, 0.2) is 39.4 Å². The fourth-order valence-electron chi connectivity index (χ4n) is 2.58. The summed E-state index contributed by atoms with van der Waals surface area (Å²) in [4.78, 5) is 10.4. The number of halogens is 1. The van der Waals surface area contributed by atoms with E-state index in [1.54, 1.807) is 18.4 Å². The van der Waals surface area contributed by atoms with E-state index in [1.165, 1.54) is 11.6 Å². The minimum atomic E-state index is -0.400. The number of anilines is 1. The Bertz CT molecular complexity index is 654. The van der Waals surface area contributed by atoms with Gasteiger partial charge in [0.1, 0.15) is 5.76 Å². The highest BCUT2D eigenvalue weighted by molar-refractivity contribution is 9.10. The van der Waals surface area contributed by atoms with Crippen LogP contribution in [0.2, 0.25) is 0 Å². The number of aryl methyl sites for hydroxylation is 1. The summed E-state index contributed by atoms with van der Waals surface area (Å²) < 4.78 is 5.94. The highest BCUT2D eigenvalue weighted by atomic mass is 79.9. The van der Waals surface area contributed by atoms with Crippen LogP contribution in [0.5, 0.6) is 0 Å². The first kappa shape index (κ1) is 13.2. The predicted molar refractivity (Wildman–Crippen MR) is 78.8 cm³/mol. The van der Waals surface area contributed by atoms with Crippen LogP contribution in [0.1, 0.15) is 30.2 Å². The number of nitro groups is 1. The molecule has 1 heterocycles. The summed E-state index contributed by atoms with van der Waals surface area (Å²) in [6, 6.07) is 7.17. The van der Waals surface area contributed by atoms with Crippen LogP contribution in [0.4, 0.5) is 11.4 Å². The van der Waals surface area contributed by atoms with E-state index in [-0.39, 0.29) is 11.7 Å². The summed E-state index contributed by atoms with van der Waals surface area (Å²) in [5.74, 6) is 1.04. The van der Waals surface area contributed by atoms with E-state index in [0.717, 1.165) is 30.7 Å². The highest BCUT2D eigenvalue weighted by Gasteiger charge is 2.23. The molecule has 1 N–H and O–H groups in total. The third-order valence-corrected chi connectivity index (χ3v) is 4.17. The van der Waals surface area contributed by atoms with Crippen LogP contribution < -0.4 is 5.32 Å². The number of nitrogens with zero attached hydrogens (tertiary/aromatic N) is 1. The molecule has 0 bridgehead atoms. The molecule has 0 spiro atoms. The van der Waals surface area contributed by atoms with Crippen molar-refractivity contribution in [1.29, 1.82) is 0 Å². The molecule has 1 aromatic carbocycles. The lowest BCUT2D eigenvalue weighted by atomic mass is 9.93. The van der Waals surface area contributed by atoms with Gasteiger partial charge in [-0.1, -0.05) is 0 Å². The molecule has 104 valence electrons. The number of hydrogen-bond acceptors (Lipinski definition) is 4. The summed E-state index contributed by atoms with van der Waals surface area (Å²) in [7, 11) is 0. The van der Waals surface area contributed by atoms with Crippen LogP contribution >= 0.6 is 15.9 Å². The first-order valence-corrected chi connectivity index (χ1v) is 7.21. The number of rotatable bonds is 3. The molecule has 1 aliphatic rings. The SMILES string of the molecule is O=[N+]([O-])c1ccc(NC2CCCc3occc32)cc1Br. The van der Waals surface area contributed by atoms with E-state index in [2.05, 4.69) is 21.2 Å². The van der Waals surface area contributed by atoms with Crippen molar-refractivity contribution >= 4 is 27.3 Å². The average molecular weight is 337 g/mol. The topological polar surface area (TPSA) is 68.3 Å². The van der Waals surface area contributed by atoms with Gasteiger partial charge in [0.25, 0.3) is 5.69 Å². The first-order chi connectivity index (χ1) is 9.65. The number of nitro benzene ring substituents is 1. The molecular formula is C14H13BrN2O3. The van der Waals surface area contributed by atoms with E-state index < -0.39 is 4.92 Å². The second kappa shape index (κ2) is 5.28. The summed E-state index contributed by atoms with van der Waals surface area (Å²) in [5, 5.41) is 14.2. The average Bonchev–Trinajstić information content (AvgIpc) is 2.87. The molecule has 0 radical (unpaired) electrons. The summed E-state index contributed by atoms with van der Waals surface area (Å²) >= 11 is 3.24. The van der Waals surface area contributed by atoms with Gasteiger partial charge in [-0.15, -0.1) is 0 Å². The van der Waals surface area contributed by atoms with Crippen molar-refractivity contribution in [3.05, 3.63) is 56.4 Å². The quantitative estimate of drug-likeness (QED) is 0.664. The Morgan fingerprint density at radius 1 is 1.40 bits per heavy atom. The second-order valence-electron chi connectivity index (χ2n) is 4.81. The van der Waals surface area contributed by atoms with Gasteiger partial charge < -0.3 is 9.73 Å². The van der Waals surface area contributed by atoms with Gasteiger partial charge in [-0.2, -0.15) is 0 Å². The van der Waals surface area contributed by atoms with Crippen molar-refractivity contribution in [3.63, 3.8) is 0 Å². The van der Waals surface area contributed by atoms with Crippen LogP contribution in [0, 0.1) is 10.1 Å². The Kier molecular flexibility index (Phi) is 3.48. The molecule has 5 nitrogen and oxygen atoms in total. The van der Waals surface area contributed by atoms with E-state index in [4.69, 9.17) is 4.42 Å². The largest absolute Gasteiger partial charge is 0.469 e. The minimum absolute atomic E-state index is 0.0724. The zero-order chi connectivity index (χ0) is 14.1. The lowest BCUT2D eigenvalue weighted by Crippen LogP contribution is -2.15. The molecular weight excluding hydrogens is 324 g/mol. The molecule has 0 amide bonds. The molecule has 0 fully saturated rings.